The van der Waals surface area contributed by atoms with Gasteiger partial charge in [-0.3, -0.25) is 4.79 Å². The number of rotatable bonds is 4. The highest BCUT2D eigenvalue weighted by molar-refractivity contribution is 9.10. The number of hydrogen-bond acceptors (Lipinski definition) is 6. The molecule has 0 spiro atoms. The third kappa shape index (κ3) is 3.57. The summed E-state index contributed by atoms with van der Waals surface area (Å²) >= 11 is 3.46. The van der Waals surface area contributed by atoms with Crippen molar-refractivity contribution in [2.75, 3.05) is 12.4 Å². The number of nitrogens with one attached hydrogen (secondary N) is 1. The van der Waals surface area contributed by atoms with Gasteiger partial charge in [0.2, 0.25) is 11.8 Å². The predicted molar refractivity (Wildman–Crippen MR) is 133 cm³/mol. The number of carbonyl (C=O) groups is 1. The number of nitriles is 1. The fourth-order valence-corrected chi connectivity index (χ4v) is 6.11. The summed E-state index contributed by atoms with van der Waals surface area (Å²) in [6, 6.07) is 20.3. The Morgan fingerprint density at radius 3 is 2.56 bits per heavy atom. The molecule has 1 unspecified atom stereocenters. The zero-order chi connectivity index (χ0) is 23.9. The Bertz CT molecular complexity index is 1270. The molecule has 5 rings (SSSR count). The van der Waals surface area contributed by atoms with Gasteiger partial charge < -0.3 is 10.1 Å². The molecule has 0 saturated heterocycles. The van der Waals surface area contributed by atoms with Gasteiger partial charge in [0.15, 0.2) is 5.78 Å². The Hall–Kier alpha value is -3.24. The summed E-state index contributed by atoms with van der Waals surface area (Å²) in [5.41, 5.74) is 3.18. The van der Waals surface area contributed by atoms with Crippen LogP contribution in [-0.2, 0) is 16.6 Å². The summed E-state index contributed by atoms with van der Waals surface area (Å²) in [6.45, 7) is 1.97. The van der Waals surface area contributed by atoms with Crippen LogP contribution in [0.4, 0.5) is 11.6 Å². The summed E-state index contributed by atoms with van der Waals surface area (Å²) < 4.78 is 6.72. The van der Waals surface area contributed by atoms with Crippen LogP contribution < -0.4 is 10.1 Å². The quantitative estimate of drug-likeness (QED) is 0.486. The van der Waals surface area contributed by atoms with Gasteiger partial charge in [0, 0.05) is 27.1 Å². The first-order valence-corrected chi connectivity index (χ1v) is 12.2. The van der Waals surface area contributed by atoms with Crippen molar-refractivity contribution in [2.45, 2.75) is 31.6 Å². The van der Waals surface area contributed by atoms with Crippen LogP contribution in [0.1, 0.15) is 36.6 Å². The number of benzene rings is 2. The maximum Gasteiger partial charge on any atom is 0.230 e. The lowest BCUT2D eigenvalue weighted by Gasteiger charge is -2.51. The predicted octanol–water partition coefficient (Wildman–Crippen LogP) is 5.59. The first-order valence-electron chi connectivity index (χ1n) is 11.4. The lowest BCUT2D eigenvalue weighted by molar-refractivity contribution is -0.131. The second-order valence-corrected chi connectivity index (χ2v) is 9.99. The number of hydrogen-bond donors (Lipinski definition) is 1. The maximum atomic E-state index is 13.1. The molecule has 0 aliphatic heterocycles. The van der Waals surface area contributed by atoms with Crippen LogP contribution in [0, 0.1) is 29.1 Å². The topological polar surface area (TPSA) is 87.9 Å². The molecule has 1 aromatic heterocycles. The van der Waals surface area contributed by atoms with Crippen molar-refractivity contribution in [3.8, 4) is 11.9 Å². The molecule has 2 aromatic carbocycles. The van der Waals surface area contributed by atoms with E-state index < -0.39 is 11.3 Å². The molecule has 3 aromatic rings. The average molecular weight is 517 g/mol. The van der Waals surface area contributed by atoms with E-state index in [4.69, 9.17) is 9.72 Å². The first kappa shape index (κ1) is 22.5. The second-order valence-electron chi connectivity index (χ2n) is 9.07. The van der Waals surface area contributed by atoms with Crippen LogP contribution in [0.5, 0.6) is 5.88 Å². The van der Waals surface area contributed by atoms with E-state index in [-0.39, 0.29) is 17.6 Å². The summed E-state index contributed by atoms with van der Waals surface area (Å²) in [5, 5.41) is 13.2. The Labute approximate surface area is 207 Å². The van der Waals surface area contributed by atoms with E-state index in [0.717, 1.165) is 39.8 Å². The lowest BCUT2D eigenvalue weighted by Crippen LogP contribution is -2.53. The standard InChI is InChI=1S/C27H25BrN4O2/c1-16-22-13-12-21-24(27(22,14-17(15-29)23(16)33)18-6-4-3-5-7-18)31-26(32-25(21)34-2)30-20-10-8-19(28)9-11-20/h3-11,16-17,22H,12-14H2,1-2H3,(H,30,31,32)/t16-,17?,22-,27-/m0/s1. The van der Waals surface area contributed by atoms with Gasteiger partial charge in [0.25, 0.3) is 0 Å². The molecule has 0 radical (unpaired) electrons. The molecule has 34 heavy (non-hydrogen) atoms. The molecule has 0 amide bonds. The number of methoxy groups -OCH3 is 1. The Balaban J connectivity index is 1.73. The van der Waals surface area contributed by atoms with E-state index in [9.17, 15) is 10.1 Å². The minimum absolute atomic E-state index is 0.0386. The highest BCUT2D eigenvalue weighted by Gasteiger charge is 2.56. The van der Waals surface area contributed by atoms with Crippen molar-refractivity contribution in [1.82, 2.24) is 9.97 Å². The Morgan fingerprint density at radius 1 is 1.15 bits per heavy atom. The smallest absolute Gasteiger partial charge is 0.230 e. The van der Waals surface area contributed by atoms with Crippen LogP contribution >= 0.6 is 15.9 Å². The number of halogens is 1. The van der Waals surface area contributed by atoms with Gasteiger partial charge in [0.1, 0.15) is 5.92 Å². The molecule has 2 aliphatic carbocycles. The molecular weight excluding hydrogens is 492 g/mol. The van der Waals surface area contributed by atoms with Crippen molar-refractivity contribution in [3.05, 3.63) is 75.9 Å². The number of carbonyl (C=O) groups excluding carboxylic acids is 1. The van der Waals surface area contributed by atoms with E-state index >= 15 is 0 Å². The van der Waals surface area contributed by atoms with Crippen molar-refractivity contribution in [3.63, 3.8) is 0 Å². The molecule has 1 heterocycles. The van der Waals surface area contributed by atoms with Gasteiger partial charge in [-0.1, -0.05) is 53.2 Å². The Morgan fingerprint density at radius 2 is 1.88 bits per heavy atom. The van der Waals surface area contributed by atoms with Gasteiger partial charge in [-0.05, 0) is 55.0 Å². The van der Waals surface area contributed by atoms with Crippen molar-refractivity contribution >= 4 is 33.3 Å². The fourth-order valence-electron chi connectivity index (χ4n) is 5.84. The molecular formula is C27H25BrN4O2. The van der Waals surface area contributed by atoms with Gasteiger partial charge in [-0.25, -0.2) is 4.98 Å². The monoisotopic (exact) mass is 516 g/mol. The zero-order valence-electron chi connectivity index (χ0n) is 19.1. The van der Waals surface area contributed by atoms with Crippen LogP contribution in [0.25, 0.3) is 0 Å². The van der Waals surface area contributed by atoms with E-state index in [1.807, 2.05) is 49.4 Å². The van der Waals surface area contributed by atoms with Crippen LogP contribution in [0.3, 0.4) is 0 Å². The minimum atomic E-state index is -0.679. The number of Topliss-reactive ketones (excluding diaryl/α,β-unsaturated/α-hetero) is 1. The minimum Gasteiger partial charge on any atom is -0.481 e. The van der Waals surface area contributed by atoms with Crippen LogP contribution in [0.2, 0.25) is 0 Å². The van der Waals surface area contributed by atoms with Crippen molar-refractivity contribution in [1.29, 1.82) is 5.26 Å². The van der Waals surface area contributed by atoms with E-state index in [0.29, 0.717) is 18.2 Å². The highest BCUT2D eigenvalue weighted by Crippen LogP contribution is 2.56. The molecule has 0 bridgehead atoms. The number of aromatic nitrogens is 2. The largest absolute Gasteiger partial charge is 0.481 e. The van der Waals surface area contributed by atoms with Gasteiger partial charge >= 0.3 is 0 Å². The van der Waals surface area contributed by atoms with Crippen LogP contribution in [0.15, 0.2) is 59.1 Å². The lowest BCUT2D eigenvalue weighted by atomic mass is 9.51. The average Bonchev–Trinajstić information content (AvgIpc) is 2.87. The number of fused-ring (bicyclic) bond motifs is 3. The number of nitrogens with zero attached hydrogens (tertiary/aromatic N) is 3. The van der Waals surface area contributed by atoms with Gasteiger partial charge in [0.05, 0.1) is 18.9 Å². The third-order valence-corrected chi connectivity index (χ3v) is 7.92. The number of anilines is 2. The zero-order valence-corrected chi connectivity index (χ0v) is 20.7. The maximum absolute atomic E-state index is 13.1. The van der Waals surface area contributed by atoms with E-state index in [2.05, 4.69) is 44.4 Å². The summed E-state index contributed by atoms with van der Waals surface area (Å²) in [5.74, 6) is 0.136. The molecule has 1 fully saturated rings. The summed E-state index contributed by atoms with van der Waals surface area (Å²) in [7, 11) is 1.62. The molecule has 172 valence electrons. The molecule has 1 saturated carbocycles. The number of ketones is 1. The molecule has 7 heteroatoms. The highest BCUT2D eigenvalue weighted by atomic mass is 79.9. The molecule has 6 nitrogen and oxygen atoms in total. The SMILES string of the molecule is COc1nc(Nc2ccc(Br)cc2)nc2c1CC[C@H]1[C@H](C)C(=O)C(C#N)C[C@@]21c1ccccc1. The van der Waals surface area contributed by atoms with Gasteiger partial charge in [-0.2, -0.15) is 10.2 Å². The van der Waals surface area contributed by atoms with Crippen molar-refractivity contribution in [2.24, 2.45) is 17.8 Å². The summed E-state index contributed by atoms with van der Waals surface area (Å²) in [4.78, 5) is 22.8. The second kappa shape index (κ2) is 8.84. The molecule has 2 aliphatic rings. The van der Waals surface area contributed by atoms with Crippen LogP contribution in [-0.4, -0.2) is 22.9 Å². The molecule has 1 N–H and O–H groups in total. The van der Waals surface area contributed by atoms with E-state index in [1.165, 1.54) is 0 Å². The summed E-state index contributed by atoms with van der Waals surface area (Å²) in [6.07, 6.45) is 1.95. The molecule has 4 atom stereocenters. The van der Waals surface area contributed by atoms with E-state index in [1.54, 1.807) is 7.11 Å². The number of ether oxygens (including phenoxy) is 1. The Kier molecular flexibility index (Phi) is 5.86. The fraction of sp³-hybridized carbons (Fsp3) is 0.333. The normalized spacial score (nSPS) is 25.6. The van der Waals surface area contributed by atoms with Gasteiger partial charge in [-0.15, -0.1) is 0 Å². The van der Waals surface area contributed by atoms with Crippen molar-refractivity contribution < 1.29 is 9.53 Å². The third-order valence-electron chi connectivity index (χ3n) is 7.39. The first-order chi connectivity index (χ1) is 16.5.